The number of ether oxygens (including phenoxy) is 2. The molecule has 0 aliphatic heterocycles. The molecule has 0 unspecified atom stereocenters. The number of rotatable bonds is 6. The Balaban J connectivity index is 2.18. The van der Waals surface area contributed by atoms with Gasteiger partial charge < -0.3 is 20.1 Å². The van der Waals surface area contributed by atoms with Gasteiger partial charge in [0, 0.05) is 18.0 Å². The third-order valence-corrected chi connectivity index (χ3v) is 3.41. The lowest BCUT2D eigenvalue weighted by atomic mass is 10.2. The molecular weight excluding hydrogens is 363 g/mol. The molecule has 0 spiro atoms. The number of methoxy groups -OCH3 is 2. The highest BCUT2D eigenvalue weighted by atomic mass is 19.2. The SMILES string of the molecule is COc1ccc(NC(=O)/C(C#N)=C\Nc2ccc(F)c(F)c2F)cc1OC. The number of anilines is 2. The maximum Gasteiger partial charge on any atom is 0.267 e. The van der Waals surface area contributed by atoms with Crippen molar-refractivity contribution in [3.63, 3.8) is 0 Å². The van der Waals surface area contributed by atoms with Gasteiger partial charge in [-0.15, -0.1) is 0 Å². The zero-order valence-electron chi connectivity index (χ0n) is 14.3. The Morgan fingerprint density at radius 3 is 2.41 bits per heavy atom. The average molecular weight is 377 g/mol. The van der Waals surface area contributed by atoms with Crippen LogP contribution in [-0.2, 0) is 4.79 Å². The van der Waals surface area contributed by atoms with Gasteiger partial charge in [0.2, 0.25) is 0 Å². The molecule has 0 fully saturated rings. The first-order chi connectivity index (χ1) is 12.9. The Hall–Kier alpha value is -3.67. The van der Waals surface area contributed by atoms with Crippen LogP contribution in [0.5, 0.6) is 11.5 Å². The summed E-state index contributed by atoms with van der Waals surface area (Å²) in [5.74, 6) is -4.48. The molecule has 0 aliphatic rings. The predicted octanol–water partition coefficient (Wildman–Crippen LogP) is 3.58. The maximum atomic E-state index is 13.6. The van der Waals surface area contributed by atoms with Crippen LogP contribution in [0.15, 0.2) is 42.1 Å². The van der Waals surface area contributed by atoms with Crippen molar-refractivity contribution < 1.29 is 27.4 Å². The van der Waals surface area contributed by atoms with Crippen LogP contribution in [0.3, 0.4) is 0 Å². The van der Waals surface area contributed by atoms with Gasteiger partial charge in [0.05, 0.1) is 19.9 Å². The highest BCUT2D eigenvalue weighted by molar-refractivity contribution is 6.06. The number of hydrogen-bond acceptors (Lipinski definition) is 5. The molecule has 2 aromatic carbocycles. The van der Waals surface area contributed by atoms with E-state index >= 15 is 0 Å². The normalized spacial score (nSPS) is 10.7. The first kappa shape index (κ1) is 19.7. The van der Waals surface area contributed by atoms with Gasteiger partial charge in [0.15, 0.2) is 29.0 Å². The topological polar surface area (TPSA) is 83.4 Å². The highest BCUT2D eigenvalue weighted by Crippen LogP contribution is 2.29. The molecule has 0 heterocycles. The third kappa shape index (κ3) is 4.49. The van der Waals surface area contributed by atoms with Gasteiger partial charge in [-0.2, -0.15) is 5.26 Å². The van der Waals surface area contributed by atoms with E-state index in [1.165, 1.54) is 26.4 Å². The van der Waals surface area contributed by atoms with Gasteiger partial charge in [-0.05, 0) is 24.3 Å². The fraction of sp³-hybridized carbons (Fsp3) is 0.111. The summed E-state index contributed by atoms with van der Waals surface area (Å²) in [4.78, 5) is 12.2. The fourth-order valence-electron chi connectivity index (χ4n) is 2.05. The van der Waals surface area contributed by atoms with E-state index in [2.05, 4.69) is 10.6 Å². The summed E-state index contributed by atoms with van der Waals surface area (Å²) in [6.07, 6.45) is 0.881. The second-order valence-electron chi connectivity index (χ2n) is 5.06. The average Bonchev–Trinajstić information content (AvgIpc) is 2.68. The standard InChI is InChI=1S/C18H14F3N3O3/c1-26-14-6-3-11(7-15(14)27-2)24-18(25)10(8-22)9-23-13-5-4-12(19)16(20)17(13)21/h3-7,9,23H,1-2H3,(H,24,25)/b10-9-. The molecule has 2 rings (SSSR count). The van der Waals surface area contributed by atoms with E-state index in [0.717, 1.165) is 12.3 Å². The molecule has 1 amide bonds. The second-order valence-corrected chi connectivity index (χ2v) is 5.06. The Kier molecular flexibility index (Phi) is 6.27. The van der Waals surface area contributed by atoms with Crippen LogP contribution in [0.2, 0.25) is 0 Å². The summed E-state index contributed by atoms with van der Waals surface area (Å²) in [6, 6.07) is 7.84. The number of nitrogens with one attached hydrogen (secondary N) is 2. The Labute approximate surface area is 152 Å². The quantitative estimate of drug-likeness (QED) is 0.457. The van der Waals surface area contributed by atoms with E-state index in [-0.39, 0.29) is 0 Å². The van der Waals surface area contributed by atoms with Crippen LogP contribution in [0.1, 0.15) is 0 Å². The van der Waals surface area contributed by atoms with Crippen LogP contribution in [0.4, 0.5) is 24.5 Å². The monoisotopic (exact) mass is 377 g/mol. The lowest BCUT2D eigenvalue weighted by molar-refractivity contribution is -0.112. The summed E-state index contributed by atoms with van der Waals surface area (Å²) in [5.41, 5.74) is -0.535. The predicted molar refractivity (Wildman–Crippen MR) is 91.8 cm³/mol. The minimum atomic E-state index is -1.67. The molecule has 0 saturated heterocycles. The van der Waals surface area contributed by atoms with Crippen molar-refractivity contribution in [1.82, 2.24) is 0 Å². The third-order valence-electron chi connectivity index (χ3n) is 3.41. The molecule has 0 aromatic heterocycles. The maximum absolute atomic E-state index is 13.6. The zero-order valence-corrected chi connectivity index (χ0v) is 14.3. The van der Waals surface area contributed by atoms with E-state index < -0.39 is 34.6 Å². The minimum absolute atomic E-state index is 0.317. The summed E-state index contributed by atoms with van der Waals surface area (Å²) in [7, 11) is 2.88. The van der Waals surface area contributed by atoms with Gasteiger partial charge in [-0.1, -0.05) is 0 Å². The van der Waals surface area contributed by atoms with Gasteiger partial charge >= 0.3 is 0 Å². The van der Waals surface area contributed by atoms with E-state index in [1.807, 2.05) is 0 Å². The smallest absolute Gasteiger partial charge is 0.267 e. The summed E-state index contributed by atoms with van der Waals surface area (Å²) < 4.78 is 49.9. The van der Waals surface area contributed by atoms with Crippen molar-refractivity contribution in [3.8, 4) is 17.6 Å². The van der Waals surface area contributed by atoms with Crippen LogP contribution < -0.4 is 20.1 Å². The van der Waals surface area contributed by atoms with Crippen molar-refractivity contribution in [2.24, 2.45) is 0 Å². The molecule has 0 atom stereocenters. The largest absolute Gasteiger partial charge is 0.493 e. The second kappa shape index (κ2) is 8.62. The molecule has 2 N–H and O–H groups in total. The number of amides is 1. The molecule has 0 radical (unpaired) electrons. The molecule has 2 aromatic rings. The first-order valence-corrected chi connectivity index (χ1v) is 7.45. The van der Waals surface area contributed by atoms with Crippen LogP contribution >= 0.6 is 0 Å². The van der Waals surface area contributed by atoms with E-state index in [0.29, 0.717) is 23.3 Å². The lowest BCUT2D eigenvalue weighted by Gasteiger charge is -2.10. The fourth-order valence-corrected chi connectivity index (χ4v) is 2.05. The van der Waals surface area contributed by atoms with E-state index in [9.17, 15) is 18.0 Å². The van der Waals surface area contributed by atoms with Crippen molar-refractivity contribution in [1.29, 1.82) is 5.26 Å². The van der Waals surface area contributed by atoms with Gasteiger partial charge in [0.25, 0.3) is 5.91 Å². The number of nitrogens with zero attached hydrogens (tertiary/aromatic N) is 1. The highest BCUT2D eigenvalue weighted by Gasteiger charge is 2.15. The molecular formula is C18H14F3N3O3. The van der Waals surface area contributed by atoms with E-state index in [1.54, 1.807) is 12.1 Å². The number of carbonyl (C=O) groups excluding carboxylic acids is 1. The molecule has 0 saturated carbocycles. The molecule has 9 heteroatoms. The van der Waals surface area contributed by atoms with Crippen LogP contribution in [0.25, 0.3) is 0 Å². The molecule has 140 valence electrons. The van der Waals surface area contributed by atoms with E-state index in [4.69, 9.17) is 14.7 Å². The molecule has 0 aliphatic carbocycles. The summed E-state index contributed by atoms with van der Waals surface area (Å²) in [6.45, 7) is 0. The van der Waals surface area contributed by atoms with Gasteiger partial charge in [0.1, 0.15) is 11.6 Å². The minimum Gasteiger partial charge on any atom is -0.493 e. The molecule has 27 heavy (non-hydrogen) atoms. The van der Waals surface area contributed by atoms with Crippen LogP contribution in [0, 0.1) is 28.8 Å². The zero-order chi connectivity index (χ0) is 20.0. The number of carbonyl (C=O) groups is 1. The lowest BCUT2D eigenvalue weighted by Crippen LogP contribution is -2.15. The van der Waals surface area contributed by atoms with Crippen molar-refractivity contribution in [3.05, 3.63) is 59.6 Å². The summed E-state index contributed by atoms with van der Waals surface area (Å²) in [5, 5.41) is 13.8. The molecule has 0 bridgehead atoms. The van der Waals surface area contributed by atoms with Crippen molar-refractivity contribution in [2.45, 2.75) is 0 Å². The number of hydrogen-bond donors (Lipinski definition) is 2. The Bertz CT molecular complexity index is 939. The van der Waals surface area contributed by atoms with Gasteiger partial charge in [-0.25, -0.2) is 13.2 Å². The number of halogens is 3. The van der Waals surface area contributed by atoms with Crippen molar-refractivity contribution in [2.75, 3.05) is 24.9 Å². The van der Waals surface area contributed by atoms with Gasteiger partial charge in [-0.3, -0.25) is 4.79 Å². The number of benzene rings is 2. The van der Waals surface area contributed by atoms with Crippen molar-refractivity contribution >= 4 is 17.3 Å². The van der Waals surface area contributed by atoms with Crippen LogP contribution in [-0.4, -0.2) is 20.1 Å². The summed E-state index contributed by atoms with van der Waals surface area (Å²) >= 11 is 0. The Morgan fingerprint density at radius 1 is 1.07 bits per heavy atom. The first-order valence-electron chi connectivity index (χ1n) is 7.45. The molecule has 6 nitrogen and oxygen atoms in total. The number of nitriles is 1. The Morgan fingerprint density at radius 2 is 1.78 bits per heavy atom.